The fourth-order valence-corrected chi connectivity index (χ4v) is 3.65. The summed E-state index contributed by atoms with van der Waals surface area (Å²) in [6.07, 6.45) is 5.71. The number of hydrogen-bond acceptors (Lipinski definition) is 7. The average molecular weight is 434 g/mol. The lowest BCUT2D eigenvalue weighted by atomic mass is 10.0. The lowest BCUT2D eigenvalue weighted by Gasteiger charge is -2.32. The van der Waals surface area contributed by atoms with Crippen LogP contribution in [-0.2, 0) is 4.79 Å². The van der Waals surface area contributed by atoms with E-state index in [1.807, 2.05) is 24.3 Å². The van der Waals surface area contributed by atoms with E-state index in [1.54, 1.807) is 30.2 Å². The predicted molar refractivity (Wildman–Crippen MR) is 117 cm³/mol. The Bertz CT molecular complexity index is 1120. The Kier molecular flexibility index (Phi) is 6.25. The van der Waals surface area contributed by atoms with Crippen molar-refractivity contribution >= 4 is 17.7 Å². The van der Waals surface area contributed by atoms with Crippen LogP contribution in [0.2, 0.25) is 0 Å². The van der Waals surface area contributed by atoms with Gasteiger partial charge in [-0.1, -0.05) is 5.16 Å². The van der Waals surface area contributed by atoms with Crippen LogP contribution in [0.15, 0.2) is 59.1 Å². The van der Waals surface area contributed by atoms with E-state index in [4.69, 9.17) is 9.26 Å². The molecule has 0 spiro atoms. The van der Waals surface area contributed by atoms with Crippen LogP contribution in [0.25, 0.3) is 17.5 Å². The third kappa shape index (κ3) is 4.66. The van der Waals surface area contributed by atoms with Gasteiger partial charge in [0.25, 0.3) is 5.69 Å². The van der Waals surface area contributed by atoms with E-state index in [1.165, 1.54) is 18.2 Å². The summed E-state index contributed by atoms with van der Waals surface area (Å²) in [5, 5.41) is 14.9. The molecule has 1 aliphatic rings. The highest BCUT2D eigenvalue weighted by Crippen LogP contribution is 2.31. The summed E-state index contributed by atoms with van der Waals surface area (Å²) in [4.78, 5) is 29.5. The molecule has 0 bridgehead atoms. The smallest absolute Gasteiger partial charge is 0.269 e. The summed E-state index contributed by atoms with van der Waals surface area (Å²) in [5.41, 5.74) is 1.51. The summed E-state index contributed by atoms with van der Waals surface area (Å²) in [6, 6.07) is 13.1. The average Bonchev–Trinajstić information content (AvgIpc) is 3.33. The van der Waals surface area contributed by atoms with Gasteiger partial charge in [-0.25, -0.2) is 0 Å². The number of amides is 1. The van der Waals surface area contributed by atoms with Gasteiger partial charge in [0.15, 0.2) is 0 Å². The number of non-ortho nitro benzene ring substituents is 1. The van der Waals surface area contributed by atoms with Crippen molar-refractivity contribution in [3.63, 3.8) is 0 Å². The number of nitrogens with zero attached hydrogens (tertiary/aromatic N) is 4. The normalized spacial score (nSPS) is 16.3. The number of aromatic nitrogens is 2. The number of likely N-dealkylation sites (tertiary alicyclic amines) is 1. The van der Waals surface area contributed by atoms with Crippen LogP contribution in [-0.4, -0.2) is 39.5 Å². The van der Waals surface area contributed by atoms with Gasteiger partial charge in [-0.05, 0) is 67.3 Å². The second-order valence-corrected chi connectivity index (χ2v) is 7.41. The zero-order valence-electron chi connectivity index (χ0n) is 17.5. The molecule has 9 heteroatoms. The first-order valence-electron chi connectivity index (χ1n) is 10.3. The van der Waals surface area contributed by atoms with Crippen molar-refractivity contribution in [2.24, 2.45) is 0 Å². The number of carbonyl (C=O) groups excluding carboxylic acids is 1. The summed E-state index contributed by atoms with van der Waals surface area (Å²) in [7, 11) is 1.60. The fraction of sp³-hybridized carbons (Fsp3) is 0.261. The molecule has 9 nitrogen and oxygen atoms in total. The third-order valence-electron chi connectivity index (χ3n) is 5.38. The summed E-state index contributed by atoms with van der Waals surface area (Å²) < 4.78 is 10.7. The quantitative estimate of drug-likeness (QED) is 0.321. The maximum atomic E-state index is 12.9. The zero-order valence-corrected chi connectivity index (χ0v) is 17.5. The van der Waals surface area contributed by atoms with Crippen molar-refractivity contribution in [3.05, 3.63) is 76.2 Å². The third-order valence-corrected chi connectivity index (χ3v) is 5.38. The zero-order chi connectivity index (χ0) is 22.5. The van der Waals surface area contributed by atoms with E-state index in [0.717, 1.165) is 30.6 Å². The Balaban J connectivity index is 1.49. The number of hydrogen-bond donors (Lipinski definition) is 0. The highest BCUT2D eigenvalue weighted by atomic mass is 16.6. The number of methoxy groups -OCH3 is 1. The highest BCUT2D eigenvalue weighted by molar-refractivity contribution is 5.92. The van der Waals surface area contributed by atoms with Gasteiger partial charge in [-0.2, -0.15) is 4.98 Å². The van der Waals surface area contributed by atoms with Crippen molar-refractivity contribution in [2.75, 3.05) is 13.7 Å². The first kappa shape index (κ1) is 21.2. The molecule has 1 unspecified atom stereocenters. The number of piperidine rings is 1. The topological polar surface area (TPSA) is 112 Å². The van der Waals surface area contributed by atoms with Crippen LogP contribution in [0.1, 0.15) is 36.8 Å². The molecule has 2 aromatic carbocycles. The van der Waals surface area contributed by atoms with E-state index < -0.39 is 4.92 Å². The van der Waals surface area contributed by atoms with Crippen LogP contribution >= 0.6 is 0 Å². The number of nitro groups is 1. The summed E-state index contributed by atoms with van der Waals surface area (Å²) in [5.74, 6) is 1.44. The Labute approximate surface area is 184 Å². The van der Waals surface area contributed by atoms with Crippen LogP contribution < -0.4 is 4.74 Å². The van der Waals surface area contributed by atoms with Gasteiger partial charge in [0.1, 0.15) is 11.8 Å². The second-order valence-electron chi connectivity index (χ2n) is 7.41. The Morgan fingerprint density at radius 2 is 1.94 bits per heavy atom. The molecule has 1 amide bonds. The molecule has 3 aromatic rings. The molecule has 4 rings (SSSR count). The highest BCUT2D eigenvalue weighted by Gasteiger charge is 2.31. The minimum absolute atomic E-state index is 0.00799. The largest absolute Gasteiger partial charge is 0.497 e. The molecule has 0 saturated carbocycles. The van der Waals surface area contributed by atoms with E-state index in [0.29, 0.717) is 23.8 Å². The molecule has 1 aliphatic heterocycles. The standard InChI is InChI=1S/C23H22N4O5/c1-31-19-12-8-17(9-13-19)22-24-23(32-25-22)20-4-2-3-15-26(20)21(28)14-7-16-5-10-18(11-6-16)27(29)30/h5-14,20H,2-4,15H2,1H3/b14-7+. The van der Waals surface area contributed by atoms with E-state index >= 15 is 0 Å². The molecule has 1 saturated heterocycles. The van der Waals surface area contributed by atoms with Crippen molar-refractivity contribution in [1.82, 2.24) is 15.0 Å². The molecular formula is C23H22N4O5. The maximum Gasteiger partial charge on any atom is 0.269 e. The molecule has 32 heavy (non-hydrogen) atoms. The van der Waals surface area contributed by atoms with Crippen LogP contribution in [0, 0.1) is 10.1 Å². The van der Waals surface area contributed by atoms with Crippen LogP contribution in [0.4, 0.5) is 5.69 Å². The number of rotatable bonds is 6. The molecule has 0 aliphatic carbocycles. The second kappa shape index (κ2) is 9.42. The molecule has 1 fully saturated rings. The van der Waals surface area contributed by atoms with Gasteiger partial charge in [0, 0.05) is 30.3 Å². The van der Waals surface area contributed by atoms with E-state index in [-0.39, 0.29) is 17.6 Å². The van der Waals surface area contributed by atoms with E-state index in [2.05, 4.69) is 10.1 Å². The lowest BCUT2D eigenvalue weighted by molar-refractivity contribution is -0.384. The monoisotopic (exact) mass is 434 g/mol. The molecule has 2 heterocycles. The summed E-state index contributed by atoms with van der Waals surface area (Å²) >= 11 is 0. The van der Waals surface area contributed by atoms with Crippen molar-refractivity contribution < 1.29 is 19.0 Å². The van der Waals surface area contributed by atoms with E-state index in [9.17, 15) is 14.9 Å². The minimum Gasteiger partial charge on any atom is -0.497 e. The van der Waals surface area contributed by atoms with Gasteiger partial charge < -0.3 is 14.2 Å². The van der Waals surface area contributed by atoms with Crippen molar-refractivity contribution in [1.29, 1.82) is 0 Å². The molecule has 1 aromatic heterocycles. The van der Waals surface area contributed by atoms with Gasteiger partial charge >= 0.3 is 0 Å². The van der Waals surface area contributed by atoms with Crippen molar-refractivity contribution in [2.45, 2.75) is 25.3 Å². The number of carbonyl (C=O) groups is 1. The van der Waals surface area contributed by atoms with Gasteiger partial charge in [-0.3, -0.25) is 14.9 Å². The minimum atomic E-state index is -0.457. The van der Waals surface area contributed by atoms with Crippen LogP contribution in [0.3, 0.4) is 0 Å². The Hall–Kier alpha value is -4.01. The van der Waals surface area contributed by atoms with Gasteiger partial charge in [0.2, 0.25) is 17.6 Å². The fourth-order valence-electron chi connectivity index (χ4n) is 3.65. The SMILES string of the molecule is COc1ccc(-c2noc(C3CCCCN3C(=O)/C=C/c3ccc([N+](=O)[O-])cc3)n2)cc1. The summed E-state index contributed by atoms with van der Waals surface area (Å²) in [6.45, 7) is 0.592. The number of benzene rings is 2. The maximum absolute atomic E-state index is 12.9. The number of nitro benzene ring substituents is 1. The molecule has 0 radical (unpaired) electrons. The molecule has 0 N–H and O–H groups in total. The first-order chi connectivity index (χ1) is 15.5. The molecule has 164 valence electrons. The van der Waals surface area contributed by atoms with Gasteiger partial charge in [0.05, 0.1) is 12.0 Å². The lowest BCUT2D eigenvalue weighted by Crippen LogP contribution is -2.37. The number of ether oxygens (including phenoxy) is 1. The Morgan fingerprint density at radius 3 is 2.62 bits per heavy atom. The predicted octanol–water partition coefficient (Wildman–Crippen LogP) is 4.42. The van der Waals surface area contributed by atoms with Crippen molar-refractivity contribution in [3.8, 4) is 17.1 Å². The van der Waals surface area contributed by atoms with Crippen LogP contribution in [0.5, 0.6) is 5.75 Å². The molecule has 1 atom stereocenters. The molecular weight excluding hydrogens is 412 g/mol. The Morgan fingerprint density at radius 1 is 1.19 bits per heavy atom. The first-order valence-corrected chi connectivity index (χ1v) is 10.3. The van der Waals surface area contributed by atoms with Gasteiger partial charge in [-0.15, -0.1) is 0 Å².